The molecule has 11 heteroatoms. The van der Waals surface area contributed by atoms with Gasteiger partial charge in [0.1, 0.15) is 22.0 Å². The molecule has 1 saturated carbocycles. The van der Waals surface area contributed by atoms with Crippen LogP contribution in [0.5, 0.6) is 0 Å². The number of likely N-dealkylation sites (N-methyl/N-ethyl adjacent to an activating group) is 1. The van der Waals surface area contributed by atoms with Crippen LogP contribution in [0.2, 0.25) is 10.3 Å². The van der Waals surface area contributed by atoms with Crippen molar-refractivity contribution < 1.29 is 9.53 Å². The van der Waals surface area contributed by atoms with Gasteiger partial charge in [-0.1, -0.05) is 47.6 Å². The number of ether oxygens (including phenoxy) is 1. The maximum atomic E-state index is 13.7. The molecule has 0 spiro atoms. The van der Waals surface area contributed by atoms with Crippen molar-refractivity contribution in [2.24, 2.45) is 0 Å². The summed E-state index contributed by atoms with van der Waals surface area (Å²) >= 11 is 13.1. The van der Waals surface area contributed by atoms with Crippen LogP contribution >= 0.6 is 34.5 Å². The number of hydroxylamine groups is 2. The third-order valence-electron chi connectivity index (χ3n) is 5.33. The smallest absolute Gasteiger partial charge is 0.342 e. The van der Waals surface area contributed by atoms with Crippen LogP contribution in [0.3, 0.4) is 0 Å². The van der Waals surface area contributed by atoms with Crippen molar-refractivity contribution in [1.29, 1.82) is 0 Å². The van der Waals surface area contributed by atoms with Crippen LogP contribution in [0.25, 0.3) is 0 Å². The van der Waals surface area contributed by atoms with E-state index in [0.717, 1.165) is 17.8 Å². The Labute approximate surface area is 182 Å². The number of carbonyl (C=O) groups excluding carboxylic acids is 1. The summed E-state index contributed by atoms with van der Waals surface area (Å²) in [5.74, 6) is -0.309. The van der Waals surface area contributed by atoms with E-state index < -0.39 is 16.8 Å². The molecule has 2 unspecified atom stereocenters. The predicted octanol–water partition coefficient (Wildman–Crippen LogP) is 4.18. The number of aromatic nitrogens is 3. The second-order valence-electron chi connectivity index (χ2n) is 7.59. The first-order valence-corrected chi connectivity index (χ1v) is 11.1. The van der Waals surface area contributed by atoms with E-state index in [2.05, 4.69) is 15.2 Å². The fourth-order valence-corrected chi connectivity index (χ4v) is 5.42. The third kappa shape index (κ3) is 4.40. The molecule has 1 aliphatic carbocycles. The molecule has 3 heterocycles. The molecule has 29 heavy (non-hydrogen) atoms. The standard InChI is InChI=1S/C18H21Cl2N5O3S/c1-24-9-15(28-17(26)12-7-13(19)21-14(20)8-12)25(27,10-24)18-23-22-16(29-18)11-5-3-2-4-6-11/h7-8,11,15H,2-6,9-10H2,1H3. The molecule has 4 rings (SSSR count). The van der Waals surface area contributed by atoms with Gasteiger partial charge in [-0.05, 0) is 43.4 Å². The molecule has 1 aliphatic heterocycles. The fraction of sp³-hybridized carbons (Fsp3) is 0.556. The first kappa shape index (κ1) is 20.9. The monoisotopic (exact) mass is 457 g/mol. The SMILES string of the molecule is CN1CC(OC(=O)c2cc(Cl)nc(Cl)c2)[N+]([O-])(c2nnc(C3CCCCC3)s2)C1. The Hall–Kier alpha value is -1.36. The van der Waals surface area contributed by atoms with Crippen molar-refractivity contribution in [2.45, 2.75) is 44.2 Å². The van der Waals surface area contributed by atoms with E-state index in [4.69, 9.17) is 27.9 Å². The molecule has 1 saturated heterocycles. The van der Waals surface area contributed by atoms with E-state index in [1.165, 1.54) is 42.7 Å². The maximum absolute atomic E-state index is 13.7. The van der Waals surface area contributed by atoms with Gasteiger partial charge in [0.05, 0.1) is 12.1 Å². The maximum Gasteiger partial charge on any atom is 0.342 e. The highest BCUT2D eigenvalue weighted by Gasteiger charge is 2.45. The van der Waals surface area contributed by atoms with Crippen LogP contribution in [0.1, 0.15) is 53.4 Å². The first-order valence-electron chi connectivity index (χ1n) is 9.50. The summed E-state index contributed by atoms with van der Waals surface area (Å²) in [5.41, 5.74) is 0.149. The van der Waals surface area contributed by atoms with Crippen LogP contribution in [0.4, 0.5) is 5.13 Å². The Morgan fingerprint density at radius 2 is 1.93 bits per heavy atom. The fourth-order valence-electron chi connectivity index (χ4n) is 3.88. The van der Waals surface area contributed by atoms with Crippen molar-refractivity contribution in [3.05, 3.63) is 38.2 Å². The Bertz CT molecular complexity index is 887. The average molecular weight is 458 g/mol. The number of carbonyl (C=O) groups is 1. The number of quaternary nitrogens is 1. The van der Waals surface area contributed by atoms with E-state index in [9.17, 15) is 10.0 Å². The van der Waals surface area contributed by atoms with Crippen molar-refractivity contribution in [1.82, 2.24) is 24.7 Å². The number of esters is 1. The van der Waals surface area contributed by atoms with Crippen molar-refractivity contribution in [3.63, 3.8) is 0 Å². The molecule has 2 aliphatic rings. The lowest BCUT2D eigenvalue weighted by molar-refractivity contribution is 0.00558. The number of pyridine rings is 1. The highest BCUT2D eigenvalue weighted by atomic mass is 35.5. The number of halogens is 2. The number of rotatable bonds is 4. The van der Waals surface area contributed by atoms with Gasteiger partial charge in [0, 0.05) is 5.92 Å². The van der Waals surface area contributed by atoms with Crippen molar-refractivity contribution in [3.8, 4) is 0 Å². The topological polar surface area (TPSA) is 91.3 Å². The molecule has 2 aromatic heterocycles. The molecule has 0 aromatic carbocycles. The lowest BCUT2D eigenvalue weighted by Crippen LogP contribution is -2.50. The number of hydrogen-bond acceptors (Lipinski definition) is 8. The number of hydrogen-bond donors (Lipinski definition) is 0. The van der Waals surface area contributed by atoms with Gasteiger partial charge < -0.3 is 9.94 Å². The Morgan fingerprint density at radius 1 is 1.24 bits per heavy atom. The molecule has 2 aromatic rings. The highest BCUT2D eigenvalue weighted by molar-refractivity contribution is 7.15. The summed E-state index contributed by atoms with van der Waals surface area (Å²) in [4.78, 5) is 18.3. The van der Waals surface area contributed by atoms with Crippen LogP contribution < -0.4 is 4.65 Å². The molecule has 8 nitrogen and oxygen atoms in total. The van der Waals surface area contributed by atoms with Crippen molar-refractivity contribution >= 4 is 45.6 Å². The Balaban J connectivity index is 1.55. The first-order chi connectivity index (χ1) is 13.8. The van der Waals surface area contributed by atoms with Gasteiger partial charge in [-0.3, -0.25) is 4.65 Å². The van der Waals surface area contributed by atoms with Gasteiger partial charge in [-0.15, -0.1) is 5.10 Å². The summed E-state index contributed by atoms with van der Waals surface area (Å²) in [7, 11) is 1.81. The lowest BCUT2D eigenvalue weighted by Gasteiger charge is -2.38. The normalized spacial score (nSPS) is 26.0. The molecule has 156 valence electrons. The molecular weight excluding hydrogens is 437 g/mol. The second kappa shape index (κ2) is 8.41. The minimum Gasteiger partial charge on any atom is -0.622 e. The zero-order valence-electron chi connectivity index (χ0n) is 15.9. The van der Waals surface area contributed by atoms with Crippen molar-refractivity contribution in [2.75, 3.05) is 20.3 Å². The quantitative estimate of drug-likeness (QED) is 0.294. The predicted molar refractivity (Wildman–Crippen MR) is 112 cm³/mol. The zero-order chi connectivity index (χ0) is 20.6. The van der Waals surface area contributed by atoms with Gasteiger partial charge in [-0.25, -0.2) is 14.7 Å². The van der Waals surface area contributed by atoms with Crippen LogP contribution in [0.15, 0.2) is 12.1 Å². The second-order valence-corrected chi connectivity index (χ2v) is 9.36. The summed E-state index contributed by atoms with van der Waals surface area (Å²) < 4.78 is 4.71. The van der Waals surface area contributed by atoms with Gasteiger partial charge in [0.25, 0.3) is 6.23 Å². The molecule has 0 amide bonds. The third-order valence-corrected chi connectivity index (χ3v) is 6.92. The molecule has 0 bridgehead atoms. The van der Waals surface area contributed by atoms with E-state index >= 15 is 0 Å². The molecule has 2 fully saturated rings. The van der Waals surface area contributed by atoms with Gasteiger partial charge >= 0.3 is 11.1 Å². The average Bonchev–Trinajstić information content (AvgIpc) is 3.28. The highest BCUT2D eigenvalue weighted by Crippen LogP contribution is 2.40. The minimum absolute atomic E-state index is 0.0807. The Kier molecular flexibility index (Phi) is 6.06. The minimum atomic E-state index is -0.953. The molecule has 0 radical (unpaired) electrons. The van der Waals surface area contributed by atoms with Crippen LogP contribution in [-0.2, 0) is 4.74 Å². The van der Waals surface area contributed by atoms with E-state index in [-0.39, 0.29) is 22.5 Å². The lowest BCUT2D eigenvalue weighted by atomic mass is 9.90. The van der Waals surface area contributed by atoms with Gasteiger partial charge in [0.2, 0.25) is 0 Å². The Morgan fingerprint density at radius 3 is 2.62 bits per heavy atom. The van der Waals surface area contributed by atoms with E-state index in [1.807, 2.05) is 11.9 Å². The largest absolute Gasteiger partial charge is 0.622 e. The number of nitrogens with zero attached hydrogens (tertiary/aromatic N) is 5. The summed E-state index contributed by atoms with van der Waals surface area (Å²) in [6.45, 7) is 0.426. The summed E-state index contributed by atoms with van der Waals surface area (Å²) in [6.07, 6.45) is 4.80. The zero-order valence-corrected chi connectivity index (χ0v) is 18.2. The molecule has 0 N–H and O–H groups in total. The molecule has 2 atom stereocenters. The van der Waals surface area contributed by atoms with E-state index in [0.29, 0.717) is 17.6 Å². The van der Waals surface area contributed by atoms with E-state index in [1.54, 1.807) is 0 Å². The molecular formula is C18H21Cl2N5O3S. The van der Waals surface area contributed by atoms with Crippen LogP contribution in [-0.4, -0.2) is 52.5 Å². The van der Waals surface area contributed by atoms with Crippen LogP contribution in [0, 0.1) is 5.21 Å². The van der Waals surface area contributed by atoms with Gasteiger partial charge in [0.15, 0.2) is 0 Å². The summed E-state index contributed by atoms with van der Waals surface area (Å²) in [5, 5.41) is 23.6. The van der Waals surface area contributed by atoms with Gasteiger partial charge in [-0.2, -0.15) is 0 Å². The summed E-state index contributed by atoms with van der Waals surface area (Å²) in [6, 6.07) is 2.72.